The molecule has 0 saturated carbocycles. The third-order valence-electron chi connectivity index (χ3n) is 8.01. The van der Waals surface area contributed by atoms with Crippen LogP contribution in [0.25, 0.3) is 0 Å². The fourth-order valence-corrected chi connectivity index (χ4v) is 7.68. The van der Waals surface area contributed by atoms with Crippen molar-refractivity contribution in [3.8, 4) is 0 Å². The number of hydrogen-bond donors (Lipinski definition) is 4. The van der Waals surface area contributed by atoms with E-state index in [-0.39, 0.29) is 61.0 Å². The van der Waals surface area contributed by atoms with Gasteiger partial charge >= 0.3 is 5.97 Å². The molecule has 1 fully saturated rings. The molecular formula is C26H40Cl2N6O5S. The number of likely N-dealkylation sites (N-methyl/N-ethyl adjacent to an activating group) is 1. The van der Waals surface area contributed by atoms with E-state index in [0.717, 1.165) is 34.0 Å². The van der Waals surface area contributed by atoms with Crippen molar-refractivity contribution in [1.29, 1.82) is 5.41 Å². The van der Waals surface area contributed by atoms with Gasteiger partial charge in [0.1, 0.15) is 0 Å². The van der Waals surface area contributed by atoms with Gasteiger partial charge in [-0.05, 0) is 68.3 Å². The van der Waals surface area contributed by atoms with Crippen LogP contribution < -0.4 is 11.5 Å². The zero-order chi connectivity index (χ0) is 27.8. The number of Topliss-reactive ketones (excluding diaryl/α,β-unsaturated/α-hetero) is 1. The van der Waals surface area contributed by atoms with Crippen LogP contribution in [0.2, 0.25) is 0 Å². The average Bonchev–Trinajstić information content (AvgIpc) is 2.87. The predicted molar refractivity (Wildman–Crippen MR) is 157 cm³/mol. The average molecular weight is 620 g/mol. The van der Waals surface area contributed by atoms with Crippen molar-refractivity contribution >= 4 is 52.5 Å². The first kappa shape index (κ1) is 34.0. The van der Waals surface area contributed by atoms with Gasteiger partial charge in [0.05, 0.1) is 10.9 Å². The maximum Gasteiger partial charge on any atom is 0.332 e. The number of nitrogens with two attached hydrogens (primary N) is 2. The Bertz CT molecular complexity index is 1280. The molecule has 6 N–H and O–H groups in total. The first-order valence-electron chi connectivity index (χ1n) is 13.0. The van der Waals surface area contributed by atoms with Crippen molar-refractivity contribution in [3.05, 3.63) is 41.0 Å². The van der Waals surface area contributed by atoms with Crippen molar-refractivity contribution < 1.29 is 23.1 Å². The molecule has 0 aliphatic carbocycles. The third kappa shape index (κ3) is 6.47. The van der Waals surface area contributed by atoms with Crippen molar-refractivity contribution in [2.24, 2.45) is 17.4 Å². The molecule has 1 unspecified atom stereocenters. The second-order valence-corrected chi connectivity index (χ2v) is 12.8. The number of guanidine groups is 1. The minimum absolute atomic E-state index is 0. The summed E-state index contributed by atoms with van der Waals surface area (Å²) in [6.07, 6.45) is 3.68. The number of nitrogens with one attached hydrogen (secondary N) is 1. The molecule has 3 heterocycles. The Morgan fingerprint density at radius 1 is 1.18 bits per heavy atom. The highest BCUT2D eigenvalue weighted by Crippen LogP contribution is 2.39. The van der Waals surface area contributed by atoms with Gasteiger partial charge < -0.3 is 26.4 Å². The Morgan fingerprint density at radius 3 is 2.52 bits per heavy atom. The summed E-state index contributed by atoms with van der Waals surface area (Å²) in [5, 5.41) is 18.2. The Kier molecular flexibility index (Phi) is 11.2. The predicted octanol–water partition coefficient (Wildman–Crippen LogP) is 1.57. The molecule has 3 aliphatic heterocycles. The van der Waals surface area contributed by atoms with E-state index < -0.39 is 33.4 Å². The number of piperidine rings is 1. The number of carbonyl (C=O) groups is 2. The summed E-state index contributed by atoms with van der Waals surface area (Å²) < 4.78 is 28.9. The van der Waals surface area contributed by atoms with E-state index in [2.05, 4.69) is 4.90 Å². The second-order valence-electron chi connectivity index (χ2n) is 10.9. The van der Waals surface area contributed by atoms with Gasteiger partial charge in [-0.2, -0.15) is 4.31 Å². The minimum atomic E-state index is -4.33. The van der Waals surface area contributed by atoms with E-state index in [1.165, 1.54) is 6.07 Å². The molecular weight excluding hydrogens is 579 g/mol. The molecule has 14 heteroatoms. The smallest absolute Gasteiger partial charge is 0.332 e. The van der Waals surface area contributed by atoms with Crippen LogP contribution in [-0.2, 0) is 32.6 Å². The SMILES string of the molecule is C[C@H]1CCN(S(=O)(=O)c2ccc3c(c2)CN(C)CC3)[C@](C(=O)O)(C(=O)C(N)CC2=CCCN(C(=N)N)C2)C1.Cl.Cl. The lowest BCUT2D eigenvalue weighted by molar-refractivity contribution is -0.158. The lowest BCUT2D eigenvalue weighted by Gasteiger charge is -2.45. The molecule has 0 amide bonds. The Morgan fingerprint density at radius 2 is 1.88 bits per heavy atom. The normalized spacial score (nSPS) is 24.5. The van der Waals surface area contributed by atoms with E-state index in [1.807, 2.05) is 20.0 Å². The molecule has 0 spiro atoms. The number of ketones is 1. The summed E-state index contributed by atoms with van der Waals surface area (Å²) in [5.74, 6) is -2.60. The summed E-state index contributed by atoms with van der Waals surface area (Å²) in [5.41, 5.74) is 12.4. The summed E-state index contributed by atoms with van der Waals surface area (Å²) in [6, 6.07) is 3.68. The third-order valence-corrected chi connectivity index (χ3v) is 9.93. The van der Waals surface area contributed by atoms with Crippen molar-refractivity contribution in [1.82, 2.24) is 14.1 Å². The minimum Gasteiger partial charge on any atom is -0.480 e. The molecule has 4 rings (SSSR count). The summed E-state index contributed by atoms with van der Waals surface area (Å²) >= 11 is 0. The quantitative estimate of drug-likeness (QED) is 0.153. The molecule has 0 aromatic heterocycles. The van der Waals surface area contributed by atoms with E-state index in [1.54, 1.807) is 17.0 Å². The van der Waals surface area contributed by atoms with Crippen LogP contribution in [0, 0.1) is 11.3 Å². The fraction of sp³-hybridized carbons (Fsp3) is 0.577. The molecule has 3 aliphatic rings. The van der Waals surface area contributed by atoms with Gasteiger partial charge in [-0.15, -0.1) is 24.8 Å². The Labute approximate surface area is 248 Å². The number of carboxylic acid groups (broad SMARTS) is 1. The van der Waals surface area contributed by atoms with Crippen molar-refractivity contribution in [2.45, 2.75) is 62.0 Å². The van der Waals surface area contributed by atoms with Crippen LogP contribution in [0.5, 0.6) is 0 Å². The number of carboxylic acids is 1. The van der Waals surface area contributed by atoms with Gasteiger partial charge in [0.25, 0.3) is 0 Å². The molecule has 3 atom stereocenters. The van der Waals surface area contributed by atoms with E-state index in [4.69, 9.17) is 16.9 Å². The zero-order valence-corrected chi connectivity index (χ0v) is 25.3. The fourth-order valence-electron chi connectivity index (χ4n) is 5.90. The highest BCUT2D eigenvalue weighted by molar-refractivity contribution is 7.89. The van der Waals surface area contributed by atoms with Crippen molar-refractivity contribution in [2.75, 3.05) is 33.2 Å². The monoisotopic (exact) mass is 618 g/mol. The molecule has 1 aromatic rings. The van der Waals surface area contributed by atoms with Gasteiger partial charge in [0.2, 0.25) is 10.0 Å². The van der Waals surface area contributed by atoms with E-state index >= 15 is 0 Å². The molecule has 1 aromatic carbocycles. The molecule has 224 valence electrons. The first-order valence-corrected chi connectivity index (χ1v) is 14.4. The lowest BCUT2D eigenvalue weighted by Crippen LogP contribution is -2.68. The summed E-state index contributed by atoms with van der Waals surface area (Å²) in [7, 11) is -2.37. The van der Waals surface area contributed by atoms with Crippen LogP contribution in [0.1, 0.15) is 43.7 Å². The second kappa shape index (κ2) is 13.2. The molecule has 40 heavy (non-hydrogen) atoms. The summed E-state index contributed by atoms with van der Waals surface area (Å²) in [4.78, 5) is 30.6. The number of halogens is 2. The van der Waals surface area contributed by atoms with Crippen LogP contribution in [0.15, 0.2) is 34.7 Å². The van der Waals surface area contributed by atoms with Crippen molar-refractivity contribution in [3.63, 3.8) is 0 Å². The number of nitrogens with zero attached hydrogens (tertiary/aromatic N) is 3. The highest BCUT2D eigenvalue weighted by Gasteiger charge is 2.59. The maximum atomic E-state index is 14.0. The Hall–Kier alpha value is -2.22. The molecule has 0 radical (unpaired) electrons. The number of hydrogen-bond acceptors (Lipinski definition) is 7. The number of fused-ring (bicyclic) bond motifs is 1. The van der Waals surface area contributed by atoms with E-state index in [9.17, 15) is 23.1 Å². The summed E-state index contributed by atoms with van der Waals surface area (Å²) in [6.45, 7) is 4.09. The van der Waals surface area contributed by atoms with Crippen LogP contribution in [0.3, 0.4) is 0 Å². The van der Waals surface area contributed by atoms with Gasteiger partial charge in [-0.25, -0.2) is 13.2 Å². The van der Waals surface area contributed by atoms with Gasteiger partial charge in [0.15, 0.2) is 17.3 Å². The zero-order valence-electron chi connectivity index (χ0n) is 22.8. The van der Waals surface area contributed by atoms with E-state index in [0.29, 0.717) is 32.5 Å². The molecule has 11 nitrogen and oxygen atoms in total. The number of sulfonamides is 1. The van der Waals surface area contributed by atoms with Gasteiger partial charge in [-0.3, -0.25) is 10.2 Å². The topological polar surface area (TPSA) is 174 Å². The number of rotatable bonds is 7. The molecule has 1 saturated heterocycles. The van der Waals surface area contributed by atoms with Gasteiger partial charge in [-0.1, -0.05) is 24.6 Å². The standard InChI is InChI=1S/C26H38N6O5S.2ClH/c1-17-7-11-32(38(36,37)21-6-5-19-8-10-30(2)16-20(19)13-21)26(14-17,24(34)35)23(33)22(27)12-18-4-3-9-31(15-18)25(28)29;;/h4-6,13,17,22H,3,7-12,14-16,27H2,1-2H3,(H3,28,29)(H,34,35);2*1H/t17-,22?,26-;;/m0../s1. The van der Waals surface area contributed by atoms with Crippen LogP contribution in [-0.4, -0.2) is 90.1 Å². The highest BCUT2D eigenvalue weighted by atomic mass is 35.5. The largest absolute Gasteiger partial charge is 0.480 e. The Balaban J connectivity index is 0.00000280. The first-order chi connectivity index (χ1) is 17.9. The maximum absolute atomic E-state index is 14.0. The van der Waals surface area contributed by atoms with Crippen LogP contribution >= 0.6 is 24.8 Å². The van der Waals surface area contributed by atoms with Crippen LogP contribution in [0.4, 0.5) is 0 Å². The number of benzene rings is 1. The number of aliphatic carboxylic acids is 1. The number of carbonyl (C=O) groups excluding carboxylic acids is 1. The lowest BCUT2D eigenvalue weighted by atomic mass is 9.76. The van der Waals surface area contributed by atoms with Gasteiger partial charge in [0, 0.05) is 32.7 Å². The molecule has 0 bridgehead atoms.